The molecule has 0 unspecified atom stereocenters. The number of hydrogen-bond acceptors (Lipinski definition) is 3. The number of nitrogens with zero attached hydrogens (tertiary/aromatic N) is 1. The molecule has 0 fully saturated rings. The zero-order valence-corrected chi connectivity index (χ0v) is 9.87. The van der Waals surface area contributed by atoms with Crippen LogP contribution in [0.3, 0.4) is 0 Å². The van der Waals surface area contributed by atoms with Gasteiger partial charge >= 0.3 is 0 Å². The van der Waals surface area contributed by atoms with Crippen LogP contribution < -0.4 is 0 Å². The van der Waals surface area contributed by atoms with Crippen molar-refractivity contribution in [3.63, 3.8) is 0 Å². The summed E-state index contributed by atoms with van der Waals surface area (Å²) in [5.74, 6) is -0.132. The summed E-state index contributed by atoms with van der Waals surface area (Å²) in [5.41, 5.74) is 1.16. The highest BCUT2D eigenvalue weighted by molar-refractivity contribution is 7.85. The van der Waals surface area contributed by atoms with E-state index in [0.29, 0.717) is 6.42 Å². The largest absolute Gasteiger partial charge is 0.286 e. The van der Waals surface area contributed by atoms with Crippen LogP contribution in [-0.4, -0.2) is 23.7 Å². The molecule has 0 aliphatic heterocycles. The molecule has 0 aliphatic rings. The Morgan fingerprint density at radius 3 is 2.20 bits per heavy atom. The van der Waals surface area contributed by atoms with E-state index < -0.39 is 10.1 Å². The fraction of sp³-hybridized carbons (Fsp3) is 0.500. The first-order chi connectivity index (χ1) is 6.99. The zero-order chi connectivity index (χ0) is 11.7. The summed E-state index contributed by atoms with van der Waals surface area (Å²) in [6, 6.07) is 5.96. The van der Waals surface area contributed by atoms with Crippen molar-refractivity contribution in [1.82, 2.24) is 4.98 Å². The lowest BCUT2D eigenvalue weighted by Crippen LogP contribution is -2.01. The van der Waals surface area contributed by atoms with E-state index in [1.165, 1.54) is 0 Å². The molecule has 0 bridgehead atoms. The Balaban J connectivity index is 0.000000265. The van der Waals surface area contributed by atoms with Crippen molar-refractivity contribution in [1.29, 1.82) is 0 Å². The van der Waals surface area contributed by atoms with Gasteiger partial charge in [-0.15, -0.1) is 0 Å². The quantitative estimate of drug-likeness (QED) is 0.807. The molecule has 1 heterocycles. The van der Waals surface area contributed by atoms with Crippen LogP contribution in [-0.2, 0) is 16.5 Å². The van der Waals surface area contributed by atoms with Crippen molar-refractivity contribution in [2.24, 2.45) is 0 Å². The smallest absolute Gasteiger partial charge is 0.264 e. The SMILES string of the molecule is CCCS(=O)(=O)O.CCc1ccccn1. The van der Waals surface area contributed by atoms with Crippen molar-refractivity contribution in [3.8, 4) is 0 Å². The molecule has 5 heteroatoms. The van der Waals surface area contributed by atoms with E-state index in [0.717, 1.165) is 12.1 Å². The highest BCUT2D eigenvalue weighted by atomic mass is 32.2. The maximum Gasteiger partial charge on any atom is 0.264 e. The molecular weight excluding hydrogens is 214 g/mol. The van der Waals surface area contributed by atoms with E-state index in [1.54, 1.807) is 6.92 Å². The fourth-order valence-corrected chi connectivity index (χ4v) is 1.38. The number of rotatable bonds is 3. The summed E-state index contributed by atoms with van der Waals surface area (Å²) in [6.07, 6.45) is 3.32. The molecule has 0 atom stereocenters. The van der Waals surface area contributed by atoms with Crippen molar-refractivity contribution < 1.29 is 13.0 Å². The molecule has 1 rings (SSSR count). The van der Waals surface area contributed by atoms with Gasteiger partial charge in [-0.3, -0.25) is 9.54 Å². The minimum Gasteiger partial charge on any atom is -0.286 e. The Hall–Kier alpha value is -0.940. The molecule has 0 aliphatic carbocycles. The van der Waals surface area contributed by atoms with Crippen molar-refractivity contribution in [3.05, 3.63) is 30.1 Å². The van der Waals surface area contributed by atoms with Crippen molar-refractivity contribution in [2.75, 3.05) is 5.75 Å². The third-order valence-corrected chi connectivity index (χ3v) is 2.47. The third-order valence-electron chi connectivity index (χ3n) is 1.55. The summed E-state index contributed by atoms with van der Waals surface area (Å²) in [4.78, 5) is 4.10. The van der Waals surface area contributed by atoms with E-state index in [2.05, 4.69) is 11.9 Å². The summed E-state index contributed by atoms with van der Waals surface area (Å²) in [5, 5.41) is 0. The number of aryl methyl sites for hydroxylation is 1. The van der Waals surface area contributed by atoms with Gasteiger partial charge in [0.2, 0.25) is 0 Å². The molecule has 86 valence electrons. The van der Waals surface area contributed by atoms with Gasteiger partial charge < -0.3 is 0 Å². The predicted molar refractivity (Wildman–Crippen MR) is 60.3 cm³/mol. The van der Waals surface area contributed by atoms with Gasteiger partial charge in [-0.25, -0.2) is 0 Å². The molecule has 1 aromatic heterocycles. The number of aromatic nitrogens is 1. The maximum atomic E-state index is 9.79. The molecule has 15 heavy (non-hydrogen) atoms. The van der Waals surface area contributed by atoms with E-state index in [4.69, 9.17) is 4.55 Å². The van der Waals surface area contributed by atoms with E-state index in [-0.39, 0.29) is 5.75 Å². The average Bonchev–Trinajstić information content (AvgIpc) is 2.18. The van der Waals surface area contributed by atoms with Gasteiger partial charge in [0.1, 0.15) is 0 Å². The molecule has 0 radical (unpaired) electrons. The second-order valence-electron chi connectivity index (χ2n) is 2.96. The standard InChI is InChI=1S/C7H9N.C3H8O3S/c1-2-7-5-3-4-6-8-7;1-2-3-7(4,5)6/h3-6H,2H2,1H3;2-3H2,1H3,(H,4,5,6). The molecule has 1 aromatic rings. The lowest BCUT2D eigenvalue weighted by atomic mass is 10.3. The second kappa shape index (κ2) is 7.36. The van der Waals surface area contributed by atoms with Crippen LogP contribution >= 0.6 is 0 Å². The Bertz CT molecular complexity index is 348. The van der Waals surface area contributed by atoms with E-state index in [9.17, 15) is 8.42 Å². The Labute approximate surface area is 91.1 Å². The second-order valence-corrected chi connectivity index (χ2v) is 4.53. The molecular formula is C10H17NO3S. The summed E-state index contributed by atoms with van der Waals surface area (Å²) < 4.78 is 27.6. The first-order valence-electron chi connectivity index (χ1n) is 4.84. The topological polar surface area (TPSA) is 67.3 Å². The Kier molecular flexibility index (Phi) is 6.90. The lowest BCUT2D eigenvalue weighted by Gasteiger charge is -1.88. The predicted octanol–water partition coefficient (Wildman–Crippen LogP) is 1.93. The monoisotopic (exact) mass is 231 g/mol. The minimum atomic E-state index is -3.67. The Morgan fingerprint density at radius 1 is 1.33 bits per heavy atom. The van der Waals surface area contributed by atoms with Crippen LogP contribution in [0.25, 0.3) is 0 Å². The van der Waals surface area contributed by atoms with Gasteiger partial charge in [-0.1, -0.05) is 19.9 Å². The minimum absolute atomic E-state index is 0.132. The van der Waals surface area contributed by atoms with Crippen molar-refractivity contribution >= 4 is 10.1 Å². The molecule has 0 amide bonds. The van der Waals surface area contributed by atoms with Gasteiger partial charge in [0.25, 0.3) is 10.1 Å². The molecule has 1 N–H and O–H groups in total. The summed E-state index contributed by atoms with van der Waals surface area (Å²) >= 11 is 0. The molecule has 4 nitrogen and oxygen atoms in total. The Morgan fingerprint density at radius 2 is 2.00 bits per heavy atom. The normalized spacial score (nSPS) is 10.3. The van der Waals surface area contributed by atoms with Crippen LogP contribution in [0, 0.1) is 0 Å². The van der Waals surface area contributed by atoms with Gasteiger partial charge in [-0.05, 0) is 25.0 Å². The van der Waals surface area contributed by atoms with E-state index in [1.807, 2.05) is 24.4 Å². The lowest BCUT2D eigenvalue weighted by molar-refractivity contribution is 0.482. The summed E-state index contributed by atoms with van der Waals surface area (Å²) in [7, 11) is -3.67. The number of hydrogen-bond donors (Lipinski definition) is 1. The first kappa shape index (κ1) is 14.1. The molecule has 0 saturated carbocycles. The third kappa shape index (κ3) is 9.37. The van der Waals surface area contributed by atoms with Crippen LogP contribution in [0.15, 0.2) is 24.4 Å². The van der Waals surface area contributed by atoms with Crippen LogP contribution in [0.1, 0.15) is 26.0 Å². The van der Waals surface area contributed by atoms with Crippen LogP contribution in [0.5, 0.6) is 0 Å². The molecule has 0 saturated heterocycles. The first-order valence-corrected chi connectivity index (χ1v) is 6.45. The highest BCUT2D eigenvalue weighted by Crippen LogP contribution is 1.91. The fourth-order valence-electron chi connectivity index (χ4n) is 0.865. The molecule has 0 aromatic carbocycles. The zero-order valence-electron chi connectivity index (χ0n) is 9.05. The van der Waals surface area contributed by atoms with Gasteiger partial charge in [0, 0.05) is 11.9 Å². The summed E-state index contributed by atoms with van der Waals surface area (Å²) in [6.45, 7) is 3.79. The highest BCUT2D eigenvalue weighted by Gasteiger charge is 1.98. The van der Waals surface area contributed by atoms with Crippen LogP contribution in [0.2, 0.25) is 0 Å². The average molecular weight is 231 g/mol. The van der Waals surface area contributed by atoms with Gasteiger partial charge in [0.15, 0.2) is 0 Å². The maximum absolute atomic E-state index is 9.79. The molecule has 0 spiro atoms. The van der Waals surface area contributed by atoms with E-state index >= 15 is 0 Å². The van der Waals surface area contributed by atoms with Gasteiger partial charge in [0.05, 0.1) is 5.75 Å². The van der Waals surface area contributed by atoms with Crippen molar-refractivity contribution in [2.45, 2.75) is 26.7 Å². The van der Waals surface area contributed by atoms with Gasteiger partial charge in [-0.2, -0.15) is 8.42 Å². The number of pyridine rings is 1. The van der Waals surface area contributed by atoms with Crippen LogP contribution in [0.4, 0.5) is 0 Å².